The first-order valence-electron chi connectivity index (χ1n) is 11.9. The van der Waals surface area contributed by atoms with Gasteiger partial charge >= 0.3 is 0 Å². The van der Waals surface area contributed by atoms with Crippen LogP contribution in [0.25, 0.3) is 6.08 Å². The number of aromatic nitrogens is 3. The summed E-state index contributed by atoms with van der Waals surface area (Å²) in [5.74, 6) is 1.71. The SMILES string of the molecule is COc1ccccc1NC(=O)C1=C(C)Nc2nc(SCc3ccccc3)nn2C1/C=C/c1ccccc1. The van der Waals surface area contributed by atoms with Crippen LogP contribution in [0.4, 0.5) is 11.6 Å². The molecule has 8 heteroatoms. The van der Waals surface area contributed by atoms with Gasteiger partial charge in [0.25, 0.3) is 5.91 Å². The lowest BCUT2D eigenvalue weighted by atomic mass is 10.0. The summed E-state index contributed by atoms with van der Waals surface area (Å²) in [6.07, 6.45) is 3.99. The van der Waals surface area contributed by atoms with Crippen LogP contribution in [-0.2, 0) is 10.5 Å². The van der Waals surface area contributed by atoms with Crippen molar-refractivity contribution in [3.63, 3.8) is 0 Å². The van der Waals surface area contributed by atoms with Crippen LogP contribution in [-0.4, -0.2) is 27.8 Å². The van der Waals surface area contributed by atoms with Gasteiger partial charge in [0, 0.05) is 11.4 Å². The highest BCUT2D eigenvalue weighted by Gasteiger charge is 2.32. The highest BCUT2D eigenvalue weighted by atomic mass is 32.2. The van der Waals surface area contributed by atoms with Crippen molar-refractivity contribution in [2.24, 2.45) is 0 Å². The van der Waals surface area contributed by atoms with Gasteiger partial charge in [0.15, 0.2) is 0 Å². The average molecular weight is 510 g/mol. The molecule has 0 fully saturated rings. The Kier molecular flexibility index (Phi) is 7.37. The van der Waals surface area contributed by atoms with Crippen molar-refractivity contribution in [1.29, 1.82) is 0 Å². The molecule has 3 aromatic carbocycles. The maximum absolute atomic E-state index is 13.6. The fourth-order valence-electron chi connectivity index (χ4n) is 4.13. The lowest BCUT2D eigenvalue weighted by molar-refractivity contribution is -0.113. The van der Waals surface area contributed by atoms with E-state index in [9.17, 15) is 4.79 Å². The third kappa shape index (κ3) is 5.59. The van der Waals surface area contributed by atoms with Gasteiger partial charge in [-0.3, -0.25) is 4.79 Å². The average Bonchev–Trinajstić information content (AvgIpc) is 3.34. The van der Waals surface area contributed by atoms with Gasteiger partial charge < -0.3 is 15.4 Å². The smallest absolute Gasteiger partial charge is 0.255 e. The molecule has 0 saturated heterocycles. The molecule has 186 valence electrons. The number of carbonyl (C=O) groups excluding carboxylic acids is 1. The van der Waals surface area contributed by atoms with E-state index in [-0.39, 0.29) is 5.91 Å². The maximum Gasteiger partial charge on any atom is 0.255 e. The van der Waals surface area contributed by atoms with Crippen molar-refractivity contribution >= 4 is 35.4 Å². The van der Waals surface area contributed by atoms with Crippen molar-refractivity contribution < 1.29 is 9.53 Å². The molecule has 0 saturated carbocycles. The van der Waals surface area contributed by atoms with Gasteiger partial charge in [-0.25, -0.2) is 4.68 Å². The molecule has 37 heavy (non-hydrogen) atoms. The predicted molar refractivity (Wildman–Crippen MR) is 148 cm³/mol. The van der Waals surface area contributed by atoms with Crippen LogP contribution in [0.2, 0.25) is 0 Å². The number of anilines is 2. The van der Waals surface area contributed by atoms with E-state index in [1.807, 2.05) is 91.9 Å². The molecule has 5 rings (SSSR count). The van der Waals surface area contributed by atoms with Crippen LogP contribution >= 0.6 is 11.8 Å². The second-order valence-electron chi connectivity index (χ2n) is 8.47. The van der Waals surface area contributed by atoms with Crippen LogP contribution < -0.4 is 15.4 Å². The van der Waals surface area contributed by atoms with Gasteiger partial charge in [-0.05, 0) is 30.2 Å². The van der Waals surface area contributed by atoms with E-state index in [2.05, 4.69) is 22.8 Å². The molecule has 1 aliphatic rings. The number of para-hydroxylation sites is 2. The first kappa shape index (κ1) is 24.4. The number of benzene rings is 3. The molecule has 0 bridgehead atoms. The zero-order valence-electron chi connectivity index (χ0n) is 20.6. The summed E-state index contributed by atoms with van der Waals surface area (Å²) in [7, 11) is 1.58. The summed E-state index contributed by atoms with van der Waals surface area (Å²) in [6, 6.07) is 27.1. The second-order valence-corrected chi connectivity index (χ2v) is 9.41. The minimum absolute atomic E-state index is 0.239. The summed E-state index contributed by atoms with van der Waals surface area (Å²) in [5, 5.41) is 11.7. The molecule has 1 unspecified atom stereocenters. The molecule has 1 amide bonds. The number of ether oxygens (including phenoxy) is 1. The number of thioether (sulfide) groups is 1. The number of allylic oxidation sites excluding steroid dienone is 2. The van der Waals surface area contributed by atoms with E-state index in [0.717, 1.165) is 17.0 Å². The number of carbonyl (C=O) groups is 1. The molecule has 0 radical (unpaired) electrons. The minimum atomic E-state index is -0.454. The quantitative estimate of drug-likeness (QED) is 0.277. The lowest BCUT2D eigenvalue weighted by Crippen LogP contribution is -2.30. The molecule has 1 atom stereocenters. The predicted octanol–water partition coefficient (Wildman–Crippen LogP) is 6.17. The first-order chi connectivity index (χ1) is 18.1. The van der Waals surface area contributed by atoms with Crippen molar-refractivity contribution in [1.82, 2.24) is 14.8 Å². The van der Waals surface area contributed by atoms with Gasteiger partial charge in [0.1, 0.15) is 11.8 Å². The van der Waals surface area contributed by atoms with Crippen molar-refractivity contribution in [2.45, 2.75) is 23.9 Å². The van der Waals surface area contributed by atoms with Crippen LogP contribution in [0.15, 0.2) is 107 Å². The zero-order valence-corrected chi connectivity index (χ0v) is 21.4. The minimum Gasteiger partial charge on any atom is -0.495 e. The zero-order chi connectivity index (χ0) is 25.6. The van der Waals surface area contributed by atoms with Crippen LogP contribution in [0.3, 0.4) is 0 Å². The Hall–Kier alpha value is -4.30. The number of rotatable bonds is 8. The van der Waals surface area contributed by atoms with Gasteiger partial charge in [-0.15, -0.1) is 5.10 Å². The van der Waals surface area contributed by atoms with Crippen molar-refractivity contribution in [3.8, 4) is 5.75 Å². The van der Waals surface area contributed by atoms with Crippen LogP contribution in [0, 0.1) is 0 Å². The van der Waals surface area contributed by atoms with Gasteiger partial charge in [0.2, 0.25) is 11.1 Å². The number of hydrogen-bond acceptors (Lipinski definition) is 6. The normalized spacial score (nSPS) is 14.8. The molecule has 7 nitrogen and oxygen atoms in total. The van der Waals surface area contributed by atoms with Crippen LogP contribution in [0.1, 0.15) is 24.1 Å². The summed E-state index contributed by atoms with van der Waals surface area (Å²) in [4.78, 5) is 18.3. The summed E-state index contributed by atoms with van der Waals surface area (Å²) in [6.45, 7) is 1.88. The number of amides is 1. The van der Waals surface area contributed by atoms with Crippen molar-refractivity contribution in [2.75, 3.05) is 17.7 Å². The number of nitrogens with zero attached hydrogens (tertiary/aromatic N) is 3. The Bertz CT molecular complexity index is 1450. The van der Waals surface area contributed by atoms with Crippen molar-refractivity contribution in [3.05, 3.63) is 113 Å². The third-order valence-corrected chi connectivity index (χ3v) is 6.86. The summed E-state index contributed by atoms with van der Waals surface area (Å²) >= 11 is 1.56. The highest BCUT2D eigenvalue weighted by molar-refractivity contribution is 7.98. The molecule has 1 aromatic heterocycles. The summed E-state index contributed by atoms with van der Waals surface area (Å²) < 4.78 is 7.20. The van der Waals surface area contributed by atoms with Crippen LogP contribution in [0.5, 0.6) is 5.75 Å². The number of methoxy groups -OCH3 is 1. The number of fused-ring (bicyclic) bond motifs is 1. The Balaban J connectivity index is 1.46. The standard InChI is InChI=1S/C29H27N5O2S/c1-20-26(27(35)31-23-15-9-10-16-25(23)36-2)24(18-17-21-11-5-3-6-12-21)34-28(30-20)32-29(33-34)37-19-22-13-7-4-8-14-22/h3-18,24H,19H2,1-2H3,(H,31,35)(H,30,32,33)/b18-17+. The van der Waals surface area contributed by atoms with E-state index in [0.29, 0.717) is 28.1 Å². The fourth-order valence-corrected chi connectivity index (χ4v) is 4.92. The molecule has 2 heterocycles. The molecular formula is C29H27N5O2S. The fraction of sp³-hybridized carbons (Fsp3) is 0.138. The maximum atomic E-state index is 13.6. The Morgan fingerprint density at radius 1 is 1.05 bits per heavy atom. The monoisotopic (exact) mass is 509 g/mol. The van der Waals surface area contributed by atoms with E-state index >= 15 is 0 Å². The summed E-state index contributed by atoms with van der Waals surface area (Å²) in [5.41, 5.74) is 4.10. The first-order valence-corrected chi connectivity index (χ1v) is 12.9. The second kappa shape index (κ2) is 11.2. The van der Waals surface area contributed by atoms with E-state index < -0.39 is 6.04 Å². The number of nitrogens with one attached hydrogen (secondary N) is 2. The van der Waals surface area contributed by atoms with E-state index in [1.165, 1.54) is 5.56 Å². The largest absolute Gasteiger partial charge is 0.495 e. The molecule has 0 aliphatic carbocycles. The Morgan fingerprint density at radius 2 is 1.76 bits per heavy atom. The van der Waals surface area contributed by atoms with E-state index in [1.54, 1.807) is 23.6 Å². The van der Waals surface area contributed by atoms with Gasteiger partial charge in [-0.1, -0.05) is 96.7 Å². The topological polar surface area (TPSA) is 81.1 Å². The Morgan fingerprint density at radius 3 is 2.51 bits per heavy atom. The van der Waals surface area contributed by atoms with Gasteiger partial charge in [-0.2, -0.15) is 4.98 Å². The molecular weight excluding hydrogens is 482 g/mol. The number of hydrogen-bond donors (Lipinski definition) is 2. The van der Waals surface area contributed by atoms with E-state index in [4.69, 9.17) is 14.8 Å². The molecule has 1 aliphatic heterocycles. The molecule has 2 N–H and O–H groups in total. The van der Waals surface area contributed by atoms with Gasteiger partial charge in [0.05, 0.1) is 18.4 Å². The molecule has 0 spiro atoms. The third-order valence-electron chi connectivity index (χ3n) is 5.96. The Labute approximate surface area is 220 Å². The lowest BCUT2D eigenvalue weighted by Gasteiger charge is -2.26. The highest BCUT2D eigenvalue weighted by Crippen LogP contribution is 2.35. The molecule has 4 aromatic rings.